The molecule has 3 rings (SSSR count). The first-order valence-corrected chi connectivity index (χ1v) is 7.81. The quantitative estimate of drug-likeness (QED) is 0.761. The lowest BCUT2D eigenvalue weighted by Gasteiger charge is -2.07. The summed E-state index contributed by atoms with van der Waals surface area (Å²) in [5.41, 5.74) is 9.18. The Morgan fingerprint density at radius 1 is 1.35 bits per heavy atom. The van der Waals surface area contributed by atoms with E-state index < -0.39 is 0 Å². The van der Waals surface area contributed by atoms with Crippen molar-refractivity contribution < 1.29 is 0 Å². The van der Waals surface area contributed by atoms with Gasteiger partial charge in [-0.25, -0.2) is 4.98 Å². The third-order valence-electron chi connectivity index (χ3n) is 3.28. The Morgan fingerprint density at radius 3 is 2.80 bits per heavy atom. The summed E-state index contributed by atoms with van der Waals surface area (Å²) in [6, 6.07) is 7.94. The van der Waals surface area contributed by atoms with E-state index in [-0.39, 0.29) is 0 Å². The van der Waals surface area contributed by atoms with Gasteiger partial charge in [-0.15, -0.1) is 11.3 Å². The summed E-state index contributed by atoms with van der Waals surface area (Å²) in [6.45, 7) is 5.14. The van der Waals surface area contributed by atoms with Crippen molar-refractivity contribution in [3.63, 3.8) is 0 Å². The highest BCUT2D eigenvalue weighted by Crippen LogP contribution is 2.35. The minimum absolute atomic E-state index is 0.708. The molecule has 3 nitrogen and oxygen atoms in total. The molecular weight excluding hydrogens is 290 g/mol. The van der Waals surface area contributed by atoms with E-state index >= 15 is 0 Å². The van der Waals surface area contributed by atoms with Crippen molar-refractivity contribution in [1.29, 1.82) is 0 Å². The fourth-order valence-corrected chi connectivity index (χ4v) is 3.42. The van der Waals surface area contributed by atoms with Crippen LogP contribution >= 0.6 is 22.9 Å². The van der Waals surface area contributed by atoms with E-state index in [1.54, 1.807) is 11.3 Å². The first kappa shape index (κ1) is 13.5. The molecule has 0 aliphatic rings. The smallest absolute Gasteiger partial charge is 0.144 e. The van der Waals surface area contributed by atoms with Gasteiger partial charge in [-0.05, 0) is 37.6 Å². The fourth-order valence-electron chi connectivity index (χ4n) is 2.47. The number of fused-ring (bicyclic) bond motifs is 1. The number of rotatable bonds is 3. The molecular formula is C15H16ClN3S. The maximum atomic E-state index is 6.13. The van der Waals surface area contributed by atoms with Crippen molar-refractivity contribution in [2.75, 3.05) is 5.73 Å². The van der Waals surface area contributed by atoms with Crippen molar-refractivity contribution in [2.45, 2.75) is 26.8 Å². The summed E-state index contributed by atoms with van der Waals surface area (Å²) in [7, 11) is 0. The van der Waals surface area contributed by atoms with E-state index in [1.807, 2.05) is 18.2 Å². The first-order valence-electron chi connectivity index (χ1n) is 6.62. The lowest BCUT2D eigenvalue weighted by Crippen LogP contribution is -2.00. The van der Waals surface area contributed by atoms with Crippen LogP contribution in [0.1, 0.15) is 18.2 Å². The van der Waals surface area contributed by atoms with E-state index in [2.05, 4.69) is 24.5 Å². The number of nitrogens with zero attached hydrogens (tertiary/aromatic N) is 2. The van der Waals surface area contributed by atoms with Crippen LogP contribution in [0.2, 0.25) is 5.02 Å². The van der Waals surface area contributed by atoms with Crippen LogP contribution in [0.4, 0.5) is 5.00 Å². The first-order chi connectivity index (χ1) is 9.60. The maximum absolute atomic E-state index is 6.13. The fraction of sp³-hybridized carbons (Fsp3) is 0.267. The minimum Gasteiger partial charge on any atom is -0.390 e. The van der Waals surface area contributed by atoms with Gasteiger partial charge in [0.2, 0.25) is 0 Å². The average Bonchev–Trinajstić information content (AvgIpc) is 2.90. The Hall–Kier alpha value is -1.52. The van der Waals surface area contributed by atoms with Crippen molar-refractivity contribution in [1.82, 2.24) is 9.55 Å². The molecule has 20 heavy (non-hydrogen) atoms. The molecule has 104 valence electrons. The molecule has 0 fully saturated rings. The number of thiophene rings is 1. The highest BCUT2D eigenvalue weighted by atomic mass is 35.5. The van der Waals surface area contributed by atoms with Gasteiger partial charge >= 0.3 is 0 Å². The van der Waals surface area contributed by atoms with Gasteiger partial charge in [-0.2, -0.15) is 0 Å². The second-order valence-electron chi connectivity index (χ2n) is 4.86. The molecule has 5 heteroatoms. The summed E-state index contributed by atoms with van der Waals surface area (Å²) in [4.78, 5) is 5.94. The molecule has 2 heterocycles. The van der Waals surface area contributed by atoms with Crippen LogP contribution in [0.25, 0.3) is 22.4 Å². The van der Waals surface area contributed by atoms with Crippen molar-refractivity contribution >= 4 is 39.0 Å². The lowest BCUT2D eigenvalue weighted by molar-refractivity contribution is 0.704. The van der Waals surface area contributed by atoms with E-state index in [9.17, 15) is 0 Å². The Balaban J connectivity index is 2.28. The van der Waals surface area contributed by atoms with Gasteiger partial charge < -0.3 is 10.3 Å². The normalized spacial score (nSPS) is 11.3. The lowest BCUT2D eigenvalue weighted by atomic mass is 10.2. The van der Waals surface area contributed by atoms with Gasteiger partial charge in [-0.1, -0.05) is 18.5 Å². The van der Waals surface area contributed by atoms with Gasteiger partial charge in [0, 0.05) is 16.4 Å². The Bertz CT molecular complexity index is 773. The zero-order chi connectivity index (χ0) is 14.3. The average molecular weight is 306 g/mol. The number of benzene rings is 1. The molecule has 2 aromatic heterocycles. The van der Waals surface area contributed by atoms with Crippen LogP contribution in [0.5, 0.6) is 0 Å². The summed E-state index contributed by atoms with van der Waals surface area (Å²) in [5.74, 6) is 0.936. The molecule has 0 amide bonds. The summed E-state index contributed by atoms with van der Waals surface area (Å²) >= 11 is 7.67. The Morgan fingerprint density at radius 2 is 2.15 bits per heavy atom. The Labute approximate surface area is 127 Å². The van der Waals surface area contributed by atoms with Gasteiger partial charge in [-0.3, -0.25) is 0 Å². The molecule has 0 radical (unpaired) electrons. The highest BCUT2D eigenvalue weighted by molar-refractivity contribution is 7.16. The van der Waals surface area contributed by atoms with Crippen LogP contribution in [0.15, 0.2) is 24.3 Å². The van der Waals surface area contributed by atoms with E-state index in [0.717, 1.165) is 40.4 Å². The predicted octanol–water partition coefficient (Wildman–Crippen LogP) is 4.72. The molecule has 1 aromatic carbocycles. The number of aromatic nitrogens is 2. The standard InChI is InChI=1S/C15H16ClN3S/c1-3-6-19-13-5-4-10(16)8-12(13)18-15(19)11-7-9(2)20-14(11)17/h4-5,7-8H,3,6,17H2,1-2H3. The van der Waals surface area contributed by atoms with Crippen LogP contribution in [-0.2, 0) is 6.54 Å². The molecule has 0 aliphatic carbocycles. The summed E-state index contributed by atoms with van der Waals surface area (Å²) in [5, 5.41) is 1.53. The molecule has 3 aromatic rings. The van der Waals surface area contributed by atoms with Crippen LogP contribution in [-0.4, -0.2) is 9.55 Å². The van der Waals surface area contributed by atoms with Gasteiger partial charge in [0.05, 0.1) is 21.6 Å². The number of nitrogen functional groups attached to an aromatic ring is 1. The second-order valence-corrected chi connectivity index (χ2v) is 6.58. The van der Waals surface area contributed by atoms with Crippen LogP contribution in [0, 0.1) is 6.92 Å². The minimum atomic E-state index is 0.708. The van der Waals surface area contributed by atoms with Crippen LogP contribution < -0.4 is 5.73 Å². The largest absolute Gasteiger partial charge is 0.390 e. The third kappa shape index (κ3) is 2.19. The molecule has 0 spiro atoms. The number of imidazole rings is 1. The number of aryl methyl sites for hydroxylation is 2. The predicted molar refractivity (Wildman–Crippen MR) is 87.5 cm³/mol. The molecule has 2 N–H and O–H groups in total. The summed E-state index contributed by atoms with van der Waals surface area (Å²) < 4.78 is 2.23. The third-order valence-corrected chi connectivity index (χ3v) is 4.40. The zero-order valence-electron chi connectivity index (χ0n) is 11.5. The molecule has 0 atom stereocenters. The number of hydrogen-bond acceptors (Lipinski definition) is 3. The monoisotopic (exact) mass is 305 g/mol. The van der Waals surface area contributed by atoms with Crippen molar-refractivity contribution in [3.05, 3.63) is 34.2 Å². The molecule has 0 saturated heterocycles. The van der Waals surface area contributed by atoms with Crippen molar-refractivity contribution in [3.8, 4) is 11.4 Å². The second kappa shape index (κ2) is 5.11. The molecule has 0 bridgehead atoms. The molecule has 0 unspecified atom stereocenters. The number of hydrogen-bond donors (Lipinski definition) is 1. The number of nitrogens with two attached hydrogens (primary N) is 1. The SMILES string of the molecule is CCCn1c(-c2cc(C)sc2N)nc2cc(Cl)ccc21. The highest BCUT2D eigenvalue weighted by Gasteiger charge is 2.16. The van der Waals surface area contributed by atoms with Crippen molar-refractivity contribution in [2.24, 2.45) is 0 Å². The van der Waals surface area contributed by atoms with Crippen LogP contribution in [0.3, 0.4) is 0 Å². The summed E-state index contributed by atoms with van der Waals surface area (Å²) in [6.07, 6.45) is 1.05. The van der Waals surface area contributed by atoms with Gasteiger partial charge in [0.15, 0.2) is 0 Å². The van der Waals surface area contributed by atoms with Gasteiger partial charge in [0.25, 0.3) is 0 Å². The van der Waals surface area contributed by atoms with E-state index in [0.29, 0.717) is 5.02 Å². The van der Waals surface area contributed by atoms with E-state index in [4.69, 9.17) is 22.3 Å². The van der Waals surface area contributed by atoms with Gasteiger partial charge in [0.1, 0.15) is 5.82 Å². The topological polar surface area (TPSA) is 43.8 Å². The van der Waals surface area contributed by atoms with E-state index in [1.165, 1.54) is 4.88 Å². The Kier molecular flexibility index (Phi) is 3.44. The number of anilines is 1. The molecule has 0 aliphatic heterocycles. The molecule has 0 saturated carbocycles. The zero-order valence-corrected chi connectivity index (χ0v) is 13.1. The maximum Gasteiger partial charge on any atom is 0.144 e. The number of halogens is 1.